The maximum absolute atomic E-state index is 13.5. The lowest BCUT2D eigenvalue weighted by atomic mass is 10.1. The number of anilines is 2. The highest BCUT2D eigenvalue weighted by Crippen LogP contribution is 2.27. The van der Waals surface area contributed by atoms with Gasteiger partial charge in [-0.2, -0.15) is 0 Å². The maximum Gasteiger partial charge on any atom is 0.255 e. The van der Waals surface area contributed by atoms with Gasteiger partial charge < -0.3 is 10.2 Å². The summed E-state index contributed by atoms with van der Waals surface area (Å²) in [6.45, 7) is 3.22. The number of rotatable bonds is 3. The number of hydrogen-bond acceptors (Lipinski definition) is 2. The van der Waals surface area contributed by atoms with Gasteiger partial charge in [-0.15, -0.1) is 0 Å². The SMILES string of the molecule is CC(=O)N(C)c1ccc(F)cc1NC(=O)c1ccccc1C. The van der Waals surface area contributed by atoms with Crippen LogP contribution in [0.5, 0.6) is 0 Å². The van der Waals surface area contributed by atoms with Crippen molar-refractivity contribution in [2.24, 2.45) is 0 Å². The number of halogens is 1. The molecule has 5 heteroatoms. The van der Waals surface area contributed by atoms with Crippen LogP contribution in [0, 0.1) is 12.7 Å². The molecule has 0 aliphatic heterocycles. The van der Waals surface area contributed by atoms with Crippen LogP contribution in [-0.4, -0.2) is 18.9 Å². The van der Waals surface area contributed by atoms with Crippen molar-refractivity contribution in [3.63, 3.8) is 0 Å². The van der Waals surface area contributed by atoms with E-state index in [1.807, 2.05) is 19.1 Å². The highest BCUT2D eigenvalue weighted by Gasteiger charge is 2.15. The van der Waals surface area contributed by atoms with E-state index in [2.05, 4.69) is 5.32 Å². The number of benzene rings is 2. The fraction of sp³-hybridized carbons (Fsp3) is 0.176. The molecule has 2 aromatic rings. The van der Waals surface area contributed by atoms with Crippen molar-refractivity contribution < 1.29 is 14.0 Å². The summed E-state index contributed by atoms with van der Waals surface area (Å²) >= 11 is 0. The van der Waals surface area contributed by atoms with E-state index < -0.39 is 5.82 Å². The van der Waals surface area contributed by atoms with Gasteiger partial charge in [0.2, 0.25) is 5.91 Å². The summed E-state index contributed by atoms with van der Waals surface area (Å²) in [4.78, 5) is 25.2. The minimum Gasteiger partial charge on any atom is -0.320 e. The molecule has 0 aliphatic rings. The van der Waals surface area contributed by atoms with Crippen molar-refractivity contribution in [3.05, 3.63) is 59.4 Å². The van der Waals surface area contributed by atoms with Crippen molar-refractivity contribution in [1.29, 1.82) is 0 Å². The summed E-state index contributed by atoms with van der Waals surface area (Å²) in [5, 5.41) is 2.67. The van der Waals surface area contributed by atoms with E-state index in [1.165, 1.54) is 30.0 Å². The number of aryl methyl sites for hydroxylation is 1. The Morgan fingerprint density at radius 1 is 1.14 bits per heavy atom. The highest BCUT2D eigenvalue weighted by atomic mass is 19.1. The lowest BCUT2D eigenvalue weighted by Crippen LogP contribution is -2.25. The topological polar surface area (TPSA) is 49.4 Å². The predicted octanol–water partition coefficient (Wildman–Crippen LogP) is 3.37. The van der Waals surface area contributed by atoms with Gasteiger partial charge in [0.25, 0.3) is 5.91 Å². The summed E-state index contributed by atoms with van der Waals surface area (Å²) < 4.78 is 13.5. The number of amides is 2. The lowest BCUT2D eigenvalue weighted by molar-refractivity contribution is -0.116. The van der Waals surface area contributed by atoms with Crippen molar-refractivity contribution in [2.45, 2.75) is 13.8 Å². The number of nitrogens with one attached hydrogen (secondary N) is 1. The van der Waals surface area contributed by atoms with E-state index >= 15 is 0 Å². The molecule has 0 heterocycles. The number of nitrogens with zero attached hydrogens (tertiary/aromatic N) is 1. The molecule has 0 bridgehead atoms. The minimum absolute atomic E-state index is 0.210. The average molecular weight is 300 g/mol. The first-order valence-electron chi connectivity index (χ1n) is 6.81. The summed E-state index contributed by atoms with van der Waals surface area (Å²) in [5.41, 5.74) is 2.02. The van der Waals surface area contributed by atoms with E-state index in [1.54, 1.807) is 19.2 Å². The fourth-order valence-electron chi connectivity index (χ4n) is 2.09. The Labute approximate surface area is 128 Å². The Balaban J connectivity index is 2.37. The van der Waals surface area contributed by atoms with Crippen LogP contribution >= 0.6 is 0 Å². The second-order valence-electron chi connectivity index (χ2n) is 5.01. The third kappa shape index (κ3) is 3.31. The van der Waals surface area contributed by atoms with Gasteiger partial charge in [0.1, 0.15) is 5.82 Å². The normalized spacial score (nSPS) is 10.2. The molecule has 0 radical (unpaired) electrons. The quantitative estimate of drug-likeness (QED) is 0.945. The second-order valence-corrected chi connectivity index (χ2v) is 5.01. The lowest BCUT2D eigenvalue weighted by Gasteiger charge is -2.19. The molecule has 0 spiro atoms. The van der Waals surface area contributed by atoms with Crippen LogP contribution in [0.2, 0.25) is 0 Å². The van der Waals surface area contributed by atoms with Gasteiger partial charge in [-0.25, -0.2) is 4.39 Å². The van der Waals surface area contributed by atoms with Gasteiger partial charge in [0, 0.05) is 19.5 Å². The first-order chi connectivity index (χ1) is 10.4. The van der Waals surface area contributed by atoms with Crippen molar-refractivity contribution >= 4 is 23.2 Å². The number of hydrogen-bond donors (Lipinski definition) is 1. The molecule has 2 aromatic carbocycles. The standard InChI is InChI=1S/C17H17FN2O2/c1-11-6-4-5-7-14(11)17(22)19-15-10-13(18)8-9-16(15)20(3)12(2)21/h4-10H,1-3H3,(H,19,22). The molecule has 0 atom stereocenters. The van der Waals surface area contributed by atoms with Crippen LogP contribution in [0.4, 0.5) is 15.8 Å². The Hall–Kier alpha value is -2.69. The molecule has 0 aliphatic carbocycles. The molecule has 0 unspecified atom stereocenters. The van der Waals surface area contributed by atoms with Gasteiger partial charge in [-0.05, 0) is 36.8 Å². The zero-order valence-electron chi connectivity index (χ0n) is 12.7. The van der Waals surface area contributed by atoms with E-state index in [9.17, 15) is 14.0 Å². The molecular formula is C17H17FN2O2. The first-order valence-corrected chi connectivity index (χ1v) is 6.81. The molecule has 22 heavy (non-hydrogen) atoms. The minimum atomic E-state index is -0.485. The van der Waals surface area contributed by atoms with Crippen LogP contribution in [-0.2, 0) is 4.79 Å². The summed E-state index contributed by atoms with van der Waals surface area (Å²) in [7, 11) is 1.57. The number of carbonyl (C=O) groups is 2. The van der Waals surface area contributed by atoms with Gasteiger partial charge >= 0.3 is 0 Å². The van der Waals surface area contributed by atoms with Gasteiger partial charge in [-0.3, -0.25) is 9.59 Å². The maximum atomic E-state index is 13.5. The van der Waals surface area contributed by atoms with Crippen LogP contribution in [0.3, 0.4) is 0 Å². The van der Waals surface area contributed by atoms with E-state index in [0.717, 1.165) is 5.56 Å². The summed E-state index contributed by atoms with van der Waals surface area (Å²) in [6.07, 6.45) is 0. The average Bonchev–Trinajstić information content (AvgIpc) is 2.47. The van der Waals surface area contributed by atoms with Crippen molar-refractivity contribution in [1.82, 2.24) is 0 Å². The van der Waals surface area contributed by atoms with Crippen LogP contribution < -0.4 is 10.2 Å². The largest absolute Gasteiger partial charge is 0.320 e. The highest BCUT2D eigenvalue weighted by molar-refractivity contribution is 6.08. The molecule has 0 fully saturated rings. The van der Waals surface area contributed by atoms with E-state index in [-0.39, 0.29) is 17.5 Å². The van der Waals surface area contributed by atoms with Crippen LogP contribution in [0.1, 0.15) is 22.8 Å². The van der Waals surface area contributed by atoms with Crippen LogP contribution in [0.25, 0.3) is 0 Å². The van der Waals surface area contributed by atoms with Crippen molar-refractivity contribution in [3.8, 4) is 0 Å². The molecule has 0 aromatic heterocycles. The monoisotopic (exact) mass is 300 g/mol. The zero-order chi connectivity index (χ0) is 16.3. The van der Waals surface area contributed by atoms with Crippen molar-refractivity contribution in [2.75, 3.05) is 17.3 Å². The Bertz CT molecular complexity index is 728. The smallest absolute Gasteiger partial charge is 0.255 e. The van der Waals surface area contributed by atoms with E-state index in [4.69, 9.17) is 0 Å². The molecule has 4 nitrogen and oxygen atoms in total. The number of carbonyl (C=O) groups excluding carboxylic acids is 2. The Kier molecular flexibility index (Phi) is 4.56. The molecule has 0 saturated carbocycles. The summed E-state index contributed by atoms with van der Waals surface area (Å²) in [5.74, 6) is -1.04. The van der Waals surface area contributed by atoms with Gasteiger partial charge in [0.15, 0.2) is 0 Å². The van der Waals surface area contributed by atoms with E-state index in [0.29, 0.717) is 11.3 Å². The van der Waals surface area contributed by atoms with Crippen LogP contribution in [0.15, 0.2) is 42.5 Å². The molecule has 1 N–H and O–H groups in total. The summed E-state index contributed by atoms with van der Waals surface area (Å²) in [6, 6.07) is 11.0. The molecular weight excluding hydrogens is 283 g/mol. The molecule has 114 valence electrons. The second kappa shape index (κ2) is 6.39. The Morgan fingerprint density at radius 2 is 1.82 bits per heavy atom. The molecule has 2 rings (SSSR count). The van der Waals surface area contributed by atoms with Gasteiger partial charge in [0.05, 0.1) is 11.4 Å². The van der Waals surface area contributed by atoms with Gasteiger partial charge in [-0.1, -0.05) is 18.2 Å². The third-order valence-corrected chi connectivity index (χ3v) is 3.43. The zero-order valence-corrected chi connectivity index (χ0v) is 12.7. The predicted molar refractivity (Wildman–Crippen MR) is 84.6 cm³/mol. The third-order valence-electron chi connectivity index (χ3n) is 3.43. The molecule has 2 amide bonds. The molecule has 0 saturated heterocycles. The Morgan fingerprint density at radius 3 is 2.45 bits per heavy atom. The fourth-order valence-corrected chi connectivity index (χ4v) is 2.09. The first kappa shape index (κ1) is 15.7.